The topological polar surface area (TPSA) is 55.1 Å². The summed E-state index contributed by atoms with van der Waals surface area (Å²) in [6, 6.07) is 0. The Balaban J connectivity index is 2.40. The zero-order chi connectivity index (χ0) is 11.1. The Labute approximate surface area is 92.8 Å². The molecule has 0 aromatic heterocycles. The predicted octanol–water partition coefficient (Wildman–Crippen LogP) is 1.81. The van der Waals surface area contributed by atoms with E-state index in [4.69, 9.17) is 5.73 Å². The quantitative estimate of drug-likeness (QED) is 0.730. The summed E-state index contributed by atoms with van der Waals surface area (Å²) in [5.74, 6) is 0.184. The average Bonchev–Trinajstić information content (AvgIpc) is 2.27. The van der Waals surface area contributed by atoms with Crippen molar-refractivity contribution in [3.8, 4) is 0 Å². The van der Waals surface area contributed by atoms with E-state index in [9.17, 15) is 4.79 Å². The van der Waals surface area contributed by atoms with Gasteiger partial charge >= 0.3 is 0 Å². The van der Waals surface area contributed by atoms with E-state index >= 15 is 0 Å². The van der Waals surface area contributed by atoms with E-state index in [0.717, 1.165) is 25.8 Å². The van der Waals surface area contributed by atoms with Gasteiger partial charge in [0.15, 0.2) is 0 Å². The van der Waals surface area contributed by atoms with Crippen molar-refractivity contribution >= 4 is 5.91 Å². The molecule has 0 aromatic rings. The first kappa shape index (κ1) is 12.5. The minimum absolute atomic E-state index is 0.107. The Morgan fingerprint density at radius 1 is 1.33 bits per heavy atom. The summed E-state index contributed by atoms with van der Waals surface area (Å²) in [5, 5.41) is 2.94. The van der Waals surface area contributed by atoms with Crippen LogP contribution in [-0.4, -0.2) is 19.0 Å². The monoisotopic (exact) mass is 212 g/mol. The van der Waals surface area contributed by atoms with Gasteiger partial charge < -0.3 is 11.1 Å². The number of hydrogen-bond acceptors (Lipinski definition) is 2. The summed E-state index contributed by atoms with van der Waals surface area (Å²) in [4.78, 5) is 11.7. The molecular formula is C12H24N2O. The molecule has 1 amide bonds. The van der Waals surface area contributed by atoms with Gasteiger partial charge in [0.2, 0.25) is 5.91 Å². The first-order valence-electron chi connectivity index (χ1n) is 6.19. The zero-order valence-corrected chi connectivity index (χ0v) is 9.85. The van der Waals surface area contributed by atoms with Crippen molar-refractivity contribution in [3.63, 3.8) is 0 Å². The van der Waals surface area contributed by atoms with Gasteiger partial charge in [0.1, 0.15) is 0 Å². The van der Waals surface area contributed by atoms with Crippen molar-refractivity contribution < 1.29 is 4.79 Å². The molecule has 1 aliphatic rings. The van der Waals surface area contributed by atoms with Crippen molar-refractivity contribution in [1.82, 2.24) is 5.32 Å². The predicted molar refractivity (Wildman–Crippen MR) is 62.5 cm³/mol. The standard InChI is InChI=1S/C12H24N2O/c1-2-8-14-11(15)9-12(10-13)6-4-3-5-7-12/h2-10,13H2,1H3,(H,14,15). The molecule has 0 atom stereocenters. The molecule has 0 bridgehead atoms. The third-order valence-electron chi connectivity index (χ3n) is 3.45. The van der Waals surface area contributed by atoms with Crippen LogP contribution in [0.15, 0.2) is 0 Å². The van der Waals surface area contributed by atoms with Crippen LogP contribution in [0.4, 0.5) is 0 Å². The summed E-state index contributed by atoms with van der Waals surface area (Å²) < 4.78 is 0. The van der Waals surface area contributed by atoms with Crippen LogP contribution < -0.4 is 11.1 Å². The van der Waals surface area contributed by atoms with Gasteiger partial charge in [0.05, 0.1) is 0 Å². The Bertz CT molecular complexity index is 198. The van der Waals surface area contributed by atoms with Crippen molar-refractivity contribution in [1.29, 1.82) is 0 Å². The minimum atomic E-state index is 0.107. The van der Waals surface area contributed by atoms with Crippen LogP contribution in [0.1, 0.15) is 51.9 Å². The molecule has 1 aliphatic carbocycles. The van der Waals surface area contributed by atoms with Gasteiger partial charge in [0, 0.05) is 13.0 Å². The number of carbonyl (C=O) groups excluding carboxylic acids is 1. The summed E-state index contributed by atoms with van der Waals surface area (Å²) in [6.45, 7) is 3.52. The number of nitrogens with one attached hydrogen (secondary N) is 1. The minimum Gasteiger partial charge on any atom is -0.356 e. The fourth-order valence-corrected chi connectivity index (χ4v) is 2.42. The second-order valence-electron chi connectivity index (χ2n) is 4.79. The second kappa shape index (κ2) is 6.11. The molecule has 0 spiro atoms. The normalized spacial score (nSPS) is 19.9. The highest BCUT2D eigenvalue weighted by atomic mass is 16.1. The van der Waals surface area contributed by atoms with E-state index in [-0.39, 0.29) is 11.3 Å². The van der Waals surface area contributed by atoms with Gasteiger partial charge in [-0.15, -0.1) is 0 Å². The van der Waals surface area contributed by atoms with E-state index in [2.05, 4.69) is 12.2 Å². The Morgan fingerprint density at radius 2 is 2.00 bits per heavy atom. The van der Waals surface area contributed by atoms with Crippen LogP contribution in [0.3, 0.4) is 0 Å². The third kappa shape index (κ3) is 3.82. The van der Waals surface area contributed by atoms with E-state index in [1.54, 1.807) is 0 Å². The lowest BCUT2D eigenvalue weighted by Crippen LogP contribution is -2.38. The molecule has 0 saturated heterocycles. The molecule has 88 valence electrons. The maximum Gasteiger partial charge on any atom is 0.220 e. The second-order valence-corrected chi connectivity index (χ2v) is 4.79. The Hall–Kier alpha value is -0.570. The summed E-state index contributed by atoms with van der Waals surface area (Å²) in [7, 11) is 0. The summed E-state index contributed by atoms with van der Waals surface area (Å²) >= 11 is 0. The SMILES string of the molecule is CCCNC(=O)CC1(CN)CCCCC1. The van der Waals surface area contributed by atoms with Crippen LogP contribution >= 0.6 is 0 Å². The molecule has 0 heterocycles. The van der Waals surface area contributed by atoms with Crippen molar-refractivity contribution in [2.75, 3.05) is 13.1 Å². The molecule has 0 aromatic carbocycles. The van der Waals surface area contributed by atoms with Crippen LogP contribution in [0, 0.1) is 5.41 Å². The molecule has 0 radical (unpaired) electrons. The lowest BCUT2D eigenvalue weighted by molar-refractivity contribution is -0.123. The molecule has 0 unspecified atom stereocenters. The van der Waals surface area contributed by atoms with Crippen molar-refractivity contribution in [3.05, 3.63) is 0 Å². The summed E-state index contributed by atoms with van der Waals surface area (Å²) in [5.41, 5.74) is 5.94. The molecule has 3 N–H and O–H groups in total. The van der Waals surface area contributed by atoms with Crippen LogP contribution in [0.25, 0.3) is 0 Å². The highest BCUT2D eigenvalue weighted by Crippen LogP contribution is 2.38. The molecule has 0 aliphatic heterocycles. The van der Waals surface area contributed by atoms with Crippen LogP contribution in [-0.2, 0) is 4.79 Å². The Morgan fingerprint density at radius 3 is 2.53 bits per heavy atom. The fourth-order valence-electron chi connectivity index (χ4n) is 2.42. The number of nitrogens with two attached hydrogens (primary N) is 1. The molecule has 3 heteroatoms. The molecule has 1 rings (SSSR count). The lowest BCUT2D eigenvalue weighted by Gasteiger charge is -2.35. The van der Waals surface area contributed by atoms with Gasteiger partial charge in [-0.1, -0.05) is 26.2 Å². The fraction of sp³-hybridized carbons (Fsp3) is 0.917. The van der Waals surface area contributed by atoms with Crippen LogP contribution in [0.5, 0.6) is 0 Å². The first-order chi connectivity index (χ1) is 7.22. The average molecular weight is 212 g/mol. The van der Waals surface area contributed by atoms with E-state index in [1.807, 2.05) is 0 Å². The third-order valence-corrected chi connectivity index (χ3v) is 3.45. The molecule has 1 saturated carbocycles. The summed E-state index contributed by atoms with van der Waals surface area (Å²) in [6.07, 6.45) is 7.66. The number of hydrogen-bond donors (Lipinski definition) is 2. The van der Waals surface area contributed by atoms with Crippen LogP contribution in [0.2, 0.25) is 0 Å². The van der Waals surface area contributed by atoms with Crippen molar-refractivity contribution in [2.45, 2.75) is 51.9 Å². The molecule has 1 fully saturated rings. The lowest BCUT2D eigenvalue weighted by atomic mass is 9.71. The van der Waals surface area contributed by atoms with Crippen molar-refractivity contribution in [2.24, 2.45) is 11.1 Å². The number of carbonyl (C=O) groups is 1. The first-order valence-corrected chi connectivity index (χ1v) is 6.19. The maximum absolute atomic E-state index is 11.7. The largest absolute Gasteiger partial charge is 0.356 e. The van der Waals surface area contributed by atoms with Gasteiger partial charge in [0.25, 0.3) is 0 Å². The van der Waals surface area contributed by atoms with E-state index in [1.165, 1.54) is 19.3 Å². The van der Waals surface area contributed by atoms with E-state index in [0.29, 0.717) is 13.0 Å². The van der Waals surface area contributed by atoms with E-state index < -0.39 is 0 Å². The highest BCUT2D eigenvalue weighted by Gasteiger charge is 2.32. The Kier molecular flexibility index (Phi) is 5.09. The van der Waals surface area contributed by atoms with Gasteiger partial charge in [-0.2, -0.15) is 0 Å². The van der Waals surface area contributed by atoms with Gasteiger partial charge in [-0.05, 0) is 31.2 Å². The molecular weight excluding hydrogens is 188 g/mol. The number of amides is 1. The molecule has 3 nitrogen and oxygen atoms in total. The smallest absolute Gasteiger partial charge is 0.220 e. The van der Waals surface area contributed by atoms with Gasteiger partial charge in [-0.25, -0.2) is 0 Å². The molecule has 15 heavy (non-hydrogen) atoms. The number of rotatable bonds is 5. The maximum atomic E-state index is 11.7. The zero-order valence-electron chi connectivity index (χ0n) is 9.85. The van der Waals surface area contributed by atoms with Gasteiger partial charge in [-0.3, -0.25) is 4.79 Å². The highest BCUT2D eigenvalue weighted by molar-refractivity contribution is 5.76.